The van der Waals surface area contributed by atoms with Crippen LogP contribution in [0.15, 0.2) is 109 Å². The number of unbranched alkanes of at least 4 members (excludes halogenated alkanes) is 16. The predicted octanol–water partition coefficient (Wildman–Crippen LogP) is 15.1. The Morgan fingerprint density at radius 2 is 0.952 bits per heavy atom. The van der Waals surface area contributed by atoms with E-state index in [9.17, 15) is 19.8 Å². The number of aliphatic hydroxyl groups excluding tert-OH is 2. The monoisotopic (exact) mass is 860 g/mol. The van der Waals surface area contributed by atoms with E-state index in [1.54, 1.807) is 0 Å². The molecule has 62 heavy (non-hydrogen) atoms. The molecule has 0 radical (unpaired) electrons. The second-order valence-electron chi connectivity index (χ2n) is 16.5. The first-order valence-electron chi connectivity index (χ1n) is 25.2. The lowest BCUT2D eigenvalue weighted by Crippen LogP contribution is -2.46. The Balaban J connectivity index is 4.76. The van der Waals surface area contributed by atoms with Gasteiger partial charge in [0.25, 0.3) is 0 Å². The highest BCUT2D eigenvalue weighted by Gasteiger charge is 2.24. The summed E-state index contributed by atoms with van der Waals surface area (Å²) in [6.07, 6.45) is 65.8. The fourth-order valence-electron chi connectivity index (χ4n) is 6.96. The largest absolute Gasteiger partial charge is 0.462 e. The van der Waals surface area contributed by atoms with Gasteiger partial charge in [0.1, 0.15) is 6.10 Å². The molecule has 0 heterocycles. The summed E-state index contributed by atoms with van der Waals surface area (Å²) in [5.41, 5.74) is 0. The molecule has 3 unspecified atom stereocenters. The van der Waals surface area contributed by atoms with Crippen LogP contribution in [0.5, 0.6) is 0 Å². The molecule has 0 spiro atoms. The number of allylic oxidation sites excluding steroid dienone is 18. The van der Waals surface area contributed by atoms with Gasteiger partial charge in [0.15, 0.2) is 0 Å². The van der Waals surface area contributed by atoms with E-state index < -0.39 is 18.2 Å². The van der Waals surface area contributed by atoms with Gasteiger partial charge in [-0.15, -0.1) is 0 Å². The molecule has 0 bridgehead atoms. The zero-order chi connectivity index (χ0) is 45.2. The Hall–Kier alpha value is -3.48. The minimum absolute atomic E-state index is 0.0150. The standard InChI is InChI=1S/C56H93NO5/c1-4-7-10-13-16-19-22-25-27-28-31-34-37-40-43-46-49-56(61)62-52(47-44-41-38-35-32-29-24-21-18-15-12-9-6-3)50-55(60)57-53(51-58)54(59)48-45-42-39-36-33-30-26-23-20-17-14-11-8-5-2/h7,9-10,12,15-16,18-19,21,24-25,27,29,31-32,34,40,43,52-54,58-59H,4-6,8,11,13-14,17,20,22-23,26,28,30,33,35-39,41-42,44-51H2,1-3H3,(H,57,60)/b10-7+,12-9+,18-15+,19-16+,24-21+,27-25+,32-29-,34-31+,43-40+. The van der Waals surface area contributed by atoms with E-state index in [1.165, 1.54) is 70.6 Å². The number of amides is 1. The number of esters is 1. The van der Waals surface area contributed by atoms with Gasteiger partial charge in [-0.2, -0.15) is 0 Å². The Kier molecular flexibility index (Phi) is 45.8. The van der Waals surface area contributed by atoms with Crippen molar-refractivity contribution in [3.05, 3.63) is 109 Å². The van der Waals surface area contributed by atoms with Gasteiger partial charge in [-0.25, -0.2) is 0 Å². The molecule has 0 aliphatic carbocycles. The second-order valence-corrected chi connectivity index (χ2v) is 16.5. The molecule has 0 rings (SSSR count). The molecule has 0 saturated heterocycles. The summed E-state index contributed by atoms with van der Waals surface area (Å²) >= 11 is 0. The van der Waals surface area contributed by atoms with Crippen LogP contribution >= 0.6 is 0 Å². The lowest BCUT2D eigenvalue weighted by Gasteiger charge is -2.24. The first-order valence-corrected chi connectivity index (χ1v) is 25.2. The van der Waals surface area contributed by atoms with Crippen LogP contribution in [0.3, 0.4) is 0 Å². The fourth-order valence-corrected chi connectivity index (χ4v) is 6.96. The van der Waals surface area contributed by atoms with Gasteiger partial charge >= 0.3 is 5.97 Å². The van der Waals surface area contributed by atoms with Crippen LogP contribution in [0.25, 0.3) is 0 Å². The molecule has 352 valence electrons. The van der Waals surface area contributed by atoms with E-state index >= 15 is 0 Å². The van der Waals surface area contributed by atoms with Gasteiger partial charge in [0.2, 0.25) is 5.91 Å². The van der Waals surface area contributed by atoms with E-state index in [-0.39, 0.29) is 31.3 Å². The minimum atomic E-state index is -0.817. The molecule has 6 nitrogen and oxygen atoms in total. The predicted molar refractivity (Wildman–Crippen MR) is 268 cm³/mol. The topological polar surface area (TPSA) is 95.9 Å². The Morgan fingerprint density at radius 3 is 1.48 bits per heavy atom. The molecule has 1 amide bonds. The number of ether oxygens (including phenoxy) is 1. The molecule has 0 aliphatic rings. The molecule has 0 aromatic heterocycles. The average Bonchev–Trinajstić information content (AvgIpc) is 3.26. The van der Waals surface area contributed by atoms with Crippen molar-refractivity contribution in [2.24, 2.45) is 0 Å². The van der Waals surface area contributed by atoms with E-state index in [1.807, 2.05) is 36.5 Å². The molecule has 0 fully saturated rings. The highest BCUT2D eigenvalue weighted by molar-refractivity contribution is 5.77. The second kappa shape index (κ2) is 48.6. The van der Waals surface area contributed by atoms with Gasteiger partial charge in [0, 0.05) is 6.42 Å². The molecule has 0 saturated carbocycles. The zero-order valence-electron chi connectivity index (χ0n) is 40.0. The average molecular weight is 860 g/mol. The third-order valence-corrected chi connectivity index (χ3v) is 10.7. The number of nitrogens with one attached hydrogen (secondary N) is 1. The Bertz CT molecular complexity index is 1280. The SMILES string of the molecule is CC/C=C/C=C/C=C/C=C\CCCCCC(CC(=O)NC(CO)C(O)CCCCCCCCCCCCCCCC)OC(=O)CC/C=C/C/C=C/C/C=C/C/C=C/C/C=C/CC. The summed E-state index contributed by atoms with van der Waals surface area (Å²) in [5.74, 6) is -0.622. The molecular weight excluding hydrogens is 767 g/mol. The number of carbonyl (C=O) groups is 2. The maximum atomic E-state index is 13.2. The fraction of sp³-hybridized carbons (Fsp3) is 0.643. The maximum Gasteiger partial charge on any atom is 0.306 e. The van der Waals surface area contributed by atoms with Crippen LogP contribution in [-0.2, 0) is 14.3 Å². The van der Waals surface area contributed by atoms with Crippen molar-refractivity contribution in [1.29, 1.82) is 0 Å². The molecule has 3 N–H and O–H groups in total. The zero-order valence-corrected chi connectivity index (χ0v) is 40.0. The quantitative estimate of drug-likeness (QED) is 0.0246. The van der Waals surface area contributed by atoms with Gasteiger partial charge in [0.05, 0.1) is 25.2 Å². The van der Waals surface area contributed by atoms with Crippen LogP contribution in [0.1, 0.15) is 207 Å². The van der Waals surface area contributed by atoms with Crippen molar-refractivity contribution < 1.29 is 24.5 Å². The lowest BCUT2D eigenvalue weighted by atomic mass is 10.0. The van der Waals surface area contributed by atoms with Gasteiger partial charge in [-0.3, -0.25) is 9.59 Å². The number of carbonyl (C=O) groups excluding carboxylic acids is 2. The molecule has 0 aliphatic heterocycles. The smallest absolute Gasteiger partial charge is 0.306 e. The number of hydrogen-bond donors (Lipinski definition) is 3. The summed E-state index contributed by atoms with van der Waals surface area (Å²) in [4.78, 5) is 26.1. The summed E-state index contributed by atoms with van der Waals surface area (Å²) in [6, 6.07) is -0.736. The summed E-state index contributed by atoms with van der Waals surface area (Å²) in [5, 5.41) is 23.7. The first kappa shape index (κ1) is 58.5. The normalized spacial score (nSPS) is 14.2. The third-order valence-electron chi connectivity index (χ3n) is 10.7. The Labute approximate surface area is 381 Å². The Morgan fingerprint density at radius 1 is 0.500 bits per heavy atom. The molecule has 6 heteroatoms. The summed E-state index contributed by atoms with van der Waals surface area (Å²) < 4.78 is 5.86. The van der Waals surface area contributed by atoms with Gasteiger partial charge < -0.3 is 20.3 Å². The van der Waals surface area contributed by atoms with Gasteiger partial charge in [-0.1, -0.05) is 226 Å². The highest BCUT2D eigenvalue weighted by Crippen LogP contribution is 2.16. The maximum absolute atomic E-state index is 13.2. The molecule has 0 aromatic rings. The lowest BCUT2D eigenvalue weighted by molar-refractivity contribution is -0.150. The van der Waals surface area contributed by atoms with E-state index in [0.29, 0.717) is 19.3 Å². The number of hydrogen-bond acceptors (Lipinski definition) is 5. The summed E-state index contributed by atoms with van der Waals surface area (Å²) in [6.45, 7) is 6.19. The van der Waals surface area contributed by atoms with Crippen molar-refractivity contribution in [3.63, 3.8) is 0 Å². The molecule has 3 atom stereocenters. The third kappa shape index (κ3) is 43.2. The van der Waals surface area contributed by atoms with Crippen molar-refractivity contribution in [2.75, 3.05) is 6.61 Å². The van der Waals surface area contributed by atoms with Crippen LogP contribution < -0.4 is 5.32 Å². The van der Waals surface area contributed by atoms with Crippen molar-refractivity contribution in [2.45, 2.75) is 225 Å². The molecule has 0 aromatic carbocycles. The number of rotatable bonds is 43. The van der Waals surface area contributed by atoms with Crippen LogP contribution in [0.4, 0.5) is 0 Å². The summed E-state index contributed by atoms with van der Waals surface area (Å²) in [7, 11) is 0. The van der Waals surface area contributed by atoms with E-state index in [4.69, 9.17) is 4.74 Å². The first-order chi connectivity index (χ1) is 30.5. The minimum Gasteiger partial charge on any atom is -0.462 e. The molecular formula is C56H93NO5. The van der Waals surface area contributed by atoms with Crippen LogP contribution in [0.2, 0.25) is 0 Å². The van der Waals surface area contributed by atoms with Crippen LogP contribution in [0, 0.1) is 0 Å². The van der Waals surface area contributed by atoms with Crippen molar-refractivity contribution in [1.82, 2.24) is 5.32 Å². The van der Waals surface area contributed by atoms with Crippen molar-refractivity contribution >= 4 is 11.9 Å². The van der Waals surface area contributed by atoms with Gasteiger partial charge in [-0.05, 0) is 77.0 Å². The highest BCUT2D eigenvalue weighted by atomic mass is 16.5. The number of aliphatic hydroxyl groups is 2. The van der Waals surface area contributed by atoms with Crippen molar-refractivity contribution in [3.8, 4) is 0 Å². The van der Waals surface area contributed by atoms with E-state index in [2.05, 4.69) is 99.0 Å². The van der Waals surface area contributed by atoms with Crippen LogP contribution in [-0.4, -0.2) is 46.9 Å². The van der Waals surface area contributed by atoms with E-state index in [0.717, 1.165) is 83.5 Å².